The summed E-state index contributed by atoms with van der Waals surface area (Å²) >= 11 is 0. The molecular weight excluding hydrogens is 314 g/mol. The van der Waals surface area contributed by atoms with Crippen LogP contribution in [0.3, 0.4) is 0 Å². The zero-order valence-corrected chi connectivity index (χ0v) is 14.3. The van der Waals surface area contributed by atoms with Crippen LogP contribution in [0.15, 0.2) is 35.5 Å². The molecule has 0 bridgehead atoms. The molecule has 6 heteroatoms. The van der Waals surface area contributed by atoms with E-state index in [2.05, 4.69) is 17.0 Å². The van der Waals surface area contributed by atoms with Gasteiger partial charge in [0, 0.05) is 5.56 Å². The number of anilines is 1. The summed E-state index contributed by atoms with van der Waals surface area (Å²) in [5.41, 5.74) is 7.95. The molecule has 1 aromatic carbocycles. The highest BCUT2D eigenvalue weighted by molar-refractivity contribution is 6.46. The molecule has 25 heavy (non-hydrogen) atoms. The molecule has 3 rings (SSSR count). The molecule has 0 radical (unpaired) electrons. The van der Waals surface area contributed by atoms with Crippen LogP contribution in [0.5, 0.6) is 0 Å². The highest BCUT2D eigenvalue weighted by Gasteiger charge is 2.24. The number of carbonyl (C=O) groups excluding carboxylic acids is 1. The summed E-state index contributed by atoms with van der Waals surface area (Å²) in [7, 11) is 0. The first-order valence-electron chi connectivity index (χ1n) is 8.59. The summed E-state index contributed by atoms with van der Waals surface area (Å²) in [5, 5.41) is 13.2. The number of nitrogen functional groups attached to an aromatic ring is 1. The molecule has 0 atom stereocenters. The minimum Gasteiger partial charge on any atom is -0.382 e. The van der Waals surface area contributed by atoms with E-state index in [1.807, 2.05) is 18.2 Å². The number of benzene rings is 1. The largest absolute Gasteiger partial charge is 0.382 e. The molecule has 1 heterocycles. The van der Waals surface area contributed by atoms with E-state index in [4.69, 9.17) is 11.0 Å². The van der Waals surface area contributed by atoms with E-state index in [9.17, 15) is 4.79 Å². The van der Waals surface area contributed by atoms with Crippen molar-refractivity contribution >= 4 is 17.4 Å². The highest BCUT2D eigenvalue weighted by Crippen LogP contribution is 2.22. The van der Waals surface area contributed by atoms with Crippen LogP contribution in [0.4, 0.5) is 5.82 Å². The van der Waals surface area contributed by atoms with Gasteiger partial charge in [-0.1, -0.05) is 44.0 Å². The van der Waals surface area contributed by atoms with Gasteiger partial charge in [0.25, 0.3) is 0 Å². The predicted molar refractivity (Wildman–Crippen MR) is 96.6 cm³/mol. The van der Waals surface area contributed by atoms with Gasteiger partial charge in [0.05, 0.1) is 12.2 Å². The van der Waals surface area contributed by atoms with Crippen molar-refractivity contribution < 1.29 is 4.79 Å². The lowest BCUT2D eigenvalue weighted by Gasteiger charge is -2.11. The minimum absolute atomic E-state index is 0.100. The molecule has 128 valence electrons. The van der Waals surface area contributed by atoms with Gasteiger partial charge in [0.1, 0.15) is 17.5 Å². The van der Waals surface area contributed by atoms with Crippen molar-refractivity contribution in [3.63, 3.8) is 0 Å². The number of aliphatic imine (C=N–C) groups is 1. The smallest absolute Gasteiger partial charge is 0.229 e. The maximum atomic E-state index is 13.1. The van der Waals surface area contributed by atoms with Gasteiger partial charge in [0.2, 0.25) is 5.78 Å². The molecule has 1 aliphatic carbocycles. The van der Waals surface area contributed by atoms with E-state index >= 15 is 0 Å². The molecule has 1 aromatic heterocycles. The van der Waals surface area contributed by atoms with E-state index in [1.165, 1.54) is 10.9 Å². The number of hydrogen-bond acceptors (Lipinski definition) is 5. The Morgan fingerprint density at radius 1 is 1.36 bits per heavy atom. The lowest BCUT2D eigenvalue weighted by atomic mass is 10.1. The number of hydrogen-bond donors (Lipinski definition) is 1. The lowest BCUT2D eigenvalue weighted by molar-refractivity contribution is 0.106. The molecule has 1 aliphatic rings. The number of carbonyl (C=O) groups is 1. The Bertz CT molecular complexity index is 836. The van der Waals surface area contributed by atoms with Crippen molar-refractivity contribution in [1.29, 1.82) is 5.26 Å². The van der Waals surface area contributed by atoms with Crippen LogP contribution in [-0.2, 0) is 6.42 Å². The van der Waals surface area contributed by atoms with Gasteiger partial charge in [-0.05, 0) is 24.8 Å². The number of ketones is 1. The van der Waals surface area contributed by atoms with Gasteiger partial charge in [-0.15, -0.1) is 0 Å². The van der Waals surface area contributed by atoms with E-state index in [1.54, 1.807) is 12.1 Å². The number of aryl methyl sites for hydroxylation is 1. The molecule has 2 aromatic rings. The number of aromatic nitrogens is 2. The van der Waals surface area contributed by atoms with Crippen molar-refractivity contribution in [2.45, 2.75) is 45.1 Å². The lowest BCUT2D eigenvalue weighted by Crippen LogP contribution is -2.27. The number of nitrogens with zero attached hydrogens (tertiary/aromatic N) is 4. The van der Waals surface area contributed by atoms with E-state index in [0.29, 0.717) is 5.56 Å². The molecule has 0 aliphatic heterocycles. The topological polar surface area (TPSA) is 97.1 Å². The third-order valence-electron chi connectivity index (χ3n) is 4.58. The summed E-state index contributed by atoms with van der Waals surface area (Å²) in [6, 6.07) is 9.56. The number of nitriles is 1. The Balaban J connectivity index is 2.02. The molecule has 0 amide bonds. The third-order valence-corrected chi connectivity index (χ3v) is 4.58. The Kier molecular flexibility index (Phi) is 4.94. The fourth-order valence-electron chi connectivity index (χ4n) is 3.05. The van der Waals surface area contributed by atoms with Gasteiger partial charge in [-0.25, -0.2) is 0 Å². The fraction of sp³-hybridized carbons (Fsp3) is 0.368. The second-order valence-corrected chi connectivity index (χ2v) is 6.24. The van der Waals surface area contributed by atoms with Crippen LogP contribution < -0.4 is 5.73 Å². The van der Waals surface area contributed by atoms with E-state index < -0.39 is 0 Å². The molecule has 1 saturated carbocycles. The Morgan fingerprint density at radius 3 is 2.60 bits per heavy atom. The van der Waals surface area contributed by atoms with Crippen molar-refractivity contribution in [2.24, 2.45) is 4.99 Å². The van der Waals surface area contributed by atoms with Crippen LogP contribution in [-0.4, -0.2) is 27.4 Å². The Morgan fingerprint density at radius 2 is 2.04 bits per heavy atom. The van der Waals surface area contributed by atoms with Gasteiger partial charge in [0.15, 0.2) is 5.84 Å². The number of nitrogens with two attached hydrogens (primary N) is 1. The molecule has 6 nitrogen and oxygen atoms in total. The standard InChI is InChI=1S/C19H21N5O/c1-2-13-7-9-14(10-8-13)17(25)19(23-16-5-3-4-6-16)24-18(21)15(11-20)12-22-24/h7-10,12,16H,2-6,21H2,1H3/b23-19+. The molecule has 0 spiro atoms. The molecular formula is C19H21N5O. The SMILES string of the molecule is CCc1ccc(C(=O)/C(=N\C2CCCC2)n2ncc(C#N)c2N)cc1. The van der Waals surface area contributed by atoms with Crippen molar-refractivity contribution in [3.8, 4) is 6.07 Å². The quantitative estimate of drug-likeness (QED) is 0.527. The van der Waals surface area contributed by atoms with Gasteiger partial charge >= 0.3 is 0 Å². The third kappa shape index (κ3) is 3.45. The first-order valence-corrected chi connectivity index (χ1v) is 8.59. The van der Waals surface area contributed by atoms with Crippen molar-refractivity contribution in [2.75, 3.05) is 5.73 Å². The first kappa shape index (κ1) is 16.9. The van der Waals surface area contributed by atoms with Gasteiger partial charge < -0.3 is 5.73 Å². The van der Waals surface area contributed by atoms with Crippen LogP contribution in [0.1, 0.15) is 54.1 Å². The van der Waals surface area contributed by atoms with Gasteiger partial charge in [-0.3, -0.25) is 9.79 Å². The zero-order chi connectivity index (χ0) is 17.8. The summed E-state index contributed by atoms with van der Waals surface area (Å²) in [5.74, 6) is 0.113. The molecule has 2 N–H and O–H groups in total. The van der Waals surface area contributed by atoms with E-state index in [0.717, 1.165) is 37.7 Å². The molecule has 0 saturated heterocycles. The van der Waals surface area contributed by atoms with Crippen LogP contribution >= 0.6 is 0 Å². The maximum Gasteiger partial charge on any atom is 0.229 e. The van der Waals surface area contributed by atoms with Crippen LogP contribution in [0, 0.1) is 11.3 Å². The average molecular weight is 335 g/mol. The molecule has 0 unspecified atom stereocenters. The normalized spacial score (nSPS) is 15.3. The monoisotopic (exact) mass is 335 g/mol. The summed E-state index contributed by atoms with van der Waals surface area (Å²) in [4.78, 5) is 17.7. The van der Waals surface area contributed by atoms with Crippen LogP contribution in [0.2, 0.25) is 0 Å². The summed E-state index contributed by atoms with van der Waals surface area (Å²) in [6.07, 6.45) is 6.41. The Hall–Kier alpha value is -2.94. The van der Waals surface area contributed by atoms with E-state index in [-0.39, 0.29) is 29.0 Å². The van der Waals surface area contributed by atoms with Crippen molar-refractivity contribution in [1.82, 2.24) is 9.78 Å². The van der Waals surface area contributed by atoms with Crippen molar-refractivity contribution in [3.05, 3.63) is 47.2 Å². The maximum absolute atomic E-state index is 13.1. The Labute approximate surface area is 147 Å². The van der Waals surface area contributed by atoms with Gasteiger partial charge in [-0.2, -0.15) is 15.0 Å². The predicted octanol–water partition coefficient (Wildman–Crippen LogP) is 2.97. The average Bonchev–Trinajstić information content (AvgIpc) is 3.28. The number of rotatable bonds is 4. The number of Topliss-reactive ketones (excluding diaryl/α,β-unsaturated/α-hetero) is 1. The zero-order valence-electron chi connectivity index (χ0n) is 14.3. The first-order chi connectivity index (χ1) is 12.1. The highest BCUT2D eigenvalue weighted by atomic mass is 16.1. The second-order valence-electron chi connectivity index (χ2n) is 6.24. The molecule has 1 fully saturated rings. The fourth-order valence-corrected chi connectivity index (χ4v) is 3.05. The minimum atomic E-state index is -0.228. The van der Waals surface area contributed by atoms with Crippen LogP contribution in [0.25, 0.3) is 0 Å². The summed E-state index contributed by atoms with van der Waals surface area (Å²) < 4.78 is 1.30. The second kappa shape index (κ2) is 7.31. The summed E-state index contributed by atoms with van der Waals surface area (Å²) in [6.45, 7) is 2.07.